The van der Waals surface area contributed by atoms with Crippen LogP contribution in [-0.2, 0) is 9.84 Å². The second-order valence-corrected chi connectivity index (χ2v) is 10.6. The van der Waals surface area contributed by atoms with E-state index in [1.54, 1.807) is 18.2 Å². The van der Waals surface area contributed by atoms with Gasteiger partial charge in [-0.2, -0.15) is 0 Å². The number of allylic oxidation sites excluding steroid dienone is 5. The highest BCUT2D eigenvalue weighted by atomic mass is 35.5. The number of aromatic nitrogens is 1. The fourth-order valence-electron chi connectivity index (χ4n) is 3.49. The van der Waals surface area contributed by atoms with Gasteiger partial charge in [0.1, 0.15) is 17.9 Å². The molecule has 3 unspecified atom stereocenters. The van der Waals surface area contributed by atoms with Crippen LogP contribution in [0.25, 0.3) is 10.2 Å². The molecule has 0 spiro atoms. The minimum Gasteiger partial charge on any atom is -0.362 e. The zero-order valence-electron chi connectivity index (χ0n) is 16.4. The van der Waals surface area contributed by atoms with E-state index in [-0.39, 0.29) is 9.78 Å². The summed E-state index contributed by atoms with van der Waals surface area (Å²) in [5, 5.41) is 5.49. The number of amidine groups is 1. The van der Waals surface area contributed by atoms with E-state index in [0.717, 1.165) is 27.2 Å². The van der Waals surface area contributed by atoms with Gasteiger partial charge in [0.05, 0.1) is 21.5 Å². The highest BCUT2D eigenvalue weighted by molar-refractivity contribution is 7.96. The Bertz CT molecular complexity index is 1480. The van der Waals surface area contributed by atoms with E-state index in [4.69, 9.17) is 11.6 Å². The van der Waals surface area contributed by atoms with Crippen molar-refractivity contribution in [2.45, 2.75) is 18.0 Å². The fourth-order valence-corrected chi connectivity index (χ4v) is 5.74. The first kappa shape index (κ1) is 20.8. The SMILES string of the molecule is O=c1[nH]c2ccc(NC3N=CNC4=NC(S(=O)(=O)C5=CCC=C(Cl)C=C5)C#CC43)cc2s1. The van der Waals surface area contributed by atoms with Gasteiger partial charge in [-0.3, -0.25) is 4.79 Å². The smallest absolute Gasteiger partial charge is 0.305 e. The molecule has 0 amide bonds. The molecule has 3 atom stereocenters. The Kier molecular flexibility index (Phi) is 5.25. The molecule has 5 rings (SSSR count). The first-order valence-electron chi connectivity index (χ1n) is 9.64. The number of halogens is 1. The number of nitrogens with one attached hydrogen (secondary N) is 3. The van der Waals surface area contributed by atoms with Crippen LogP contribution in [0.15, 0.2) is 67.2 Å². The van der Waals surface area contributed by atoms with Crippen molar-refractivity contribution in [2.75, 3.05) is 5.32 Å². The van der Waals surface area contributed by atoms with E-state index in [0.29, 0.717) is 17.3 Å². The van der Waals surface area contributed by atoms with Gasteiger partial charge >= 0.3 is 4.87 Å². The van der Waals surface area contributed by atoms with Crippen molar-refractivity contribution in [3.8, 4) is 11.8 Å². The van der Waals surface area contributed by atoms with Crippen molar-refractivity contribution < 1.29 is 8.42 Å². The van der Waals surface area contributed by atoms with E-state index in [9.17, 15) is 13.2 Å². The second-order valence-electron chi connectivity index (χ2n) is 7.18. The molecule has 11 heteroatoms. The van der Waals surface area contributed by atoms with E-state index in [2.05, 4.69) is 37.4 Å². The predicted molar refractivity (Wildman–Crippen MR) is 129 cm³/mol. The van der Waals surface area contributed by atoms with Crippen LogP contribution in [0, 0.1) is 17.8 Å². The standard InChI is InChI=1S/C21H16ClN5O3S2/c22-12-2-1-3-14(6-4-12)32(29,30)18-9-7-15-19(23-11-24-20(15)27-18)25-13-5-8-16-17(10-13)31-21(28)26-16/h2-6,8,10-11,15,18-19,25H,1H2,(H,26,28)(H,23,24,27). The van der Waals surface area contributed by atoms with Crippen LogP contribution in [0.3, 0.4) is 0 Å². The van der Waals surface area contributed by atoms with Crippen molar-refractivity contribution in [2.24, 2.45) is 15.9 Å². The van der Waals surface area contributed by atoms with Gasteiger partial charge in [-0.1, -0.05) is 46.9 Å². The number of aromatic amines is 1. The number of rotatable bonds is 4. The lowest BCUT2D eigenvalue weighted by molar-refractivity contribution is 0.595. The van der Waals surface area contributed by atoms with Crippen LogP contribution in [0.2, 0.25) is 0 Å². The van der Waals surface area contributed by atoms with Gasteiger partial charge < -0.3 is 15.6 Å². The Hall–Kier alpha value is -3.13. The molecular weight excluding hydrogens is 470 g/mol. The van der Waals surface area contributed by atoms with E-state index in [1.165, 1.54) is 12.4 Å². The minimum absolute atomic E-state index is 0.117. The van der Waals surface area contributed by atoms with Crippen LogP contribution in [0.1, 0.15) is 6.42 Å². The summed E-state index contributed by atoms with van der Waals surface area (Å²) in [6.07, 6.45) is 7.78. The molecule has 3 N–H and O–H groups in total. The predicted octanol–water partition coefficient (Wildman–Crippen LogP) is 2.70. The van der Waals surface area contributed by atoms with Crippen LogP contribution in [0.4, 0.5) is 5.69 Å². The maximum atomic E-state index is 13.1. The molecule has 8 nitrogen and oxygen atoms in total. The fraction of sp³-hybridized carbons (Fsp3) is 0.190. The number of sulfone groups is 1. The number of hydrogen-bond acceptors (Lipinski definition) is 8. The average Bonchev–Trinajstić information content (AvgIpc) is 2.99. The Morgan fingerprint density at radius 2 is 2.09 bits per heavy atom. The summed E-state index contributed by atoms with van der Waals surface area (Å²) in [4.78, 5) is 23.1. The van der Waals surface area contributed by atoms with Crippen molar-refractivity contribution in [1.29, 1.82) is 0 Å². The van der Waals surface area contributed by atoms with E-state index < -0.39 is 27.3 Å². The Balaban J connectivity index is 1.39. The molecule has 0 radical (unpaired) electrons. The summed E-state index contributed by atoms with van der Waals surface area (Å²) in [5.74, 6) is 5.79. The second kappa shape index (κ2) is 8.09. The quantitative estimate of drug-likeness (QED) is 0.576. The normalized spacial score (nSPS) is 24.3. The Morgan fingerprint density at radius 3 is 2.97 bits per heavy atom. The highest BCUT2D eigenvalue weighted by Gasteiger charge is 2.35. The molecule has 162 valence electrons. The lowest BCUT2D eigenvalue weighted by Gasteiger charge is -2.29. The molecular formula is C21H16ClN5O3S2. The maximum Gasteiger partial charge on any atom is 0.305 e. The van der Waals surface area contributed by atoms with Crippen LogP contribution >= 0.6 is 22.9 Å². The molecule has 2 aromatic rings. The van der Waals surface area contributed by atoms with Gasteiger partial charge in [-0.05, 0) is 36.8 Å². The van der Waals surface area contributed by atoms with Crippen molar-refractivity contribution in [3.05, 3.63) is 62.1 Å². The molecule has 0 saturated heterocycles. The maximum absolute atomic E-state index is 13.1. The first-order chi connectivity index (χ1) is 15.4. The molecule has 0 fully saturated rings. The Morgan fingerprint density at radius 1 is 1.22 bits per heavy atom. The number of thiazole rings is 1. The lowest BCUT2D eigenvalue weighted by Crippen LogP contribution is -2.46. The summed E-state index contributed by atoms with van der Waals surface area (Å²) in [5.41, 5.74) is 1.54. The number of aliphatic imine (C=N–C) groups is 2. The van der Waals surface area contributed by atoms with Crippen LogP contribution in [-0.4, -0.2) is 37.1 Å². The number of anilines is 1. The molecule has 3 heterocycles. The third kappa shape index (κ3) is 3.90. The molecule has 0 bridgehead atoms. The topological polar surface area (TPSA) is 116 Å². The molecule has 32 heavy (non-hydrogen) atoms. The average molecular weight is 486 g/mol. The summed E-state index contributed by atoms with van der Waals surface area (Å²) >= 11 is 7.10. The number of nitrogens with zero attached hydrogens (tertiary/aromatic N) is 2. The summed E-state index contributed by atoms with van der Waals surface area (Å²) in [6, 6.07) is 5.52. The Labute approximate surface area is 192 Å². The highest BCUT2D eigenvalue weighted by Crippen LogP contribution is 2.26. The molecule has 1 aliphatic carbocycles. The number of fused-ring (bicyclic) bond motifs is 2. The number of H-pyrrole nitrogens is 1. The van der Waals surface area contributed by atoms with Gasteiger partial charge in [0, 0.05) is 10.7 Å². The monoisotopic (exact) mass is 485 g/mol. The number of hydrogen-bond donors (Lipinski definition) is 3. The van der Waals surface area contributed by atoms with Crippen LogP contribution < -0.4 is 15.5 Å². The van der Waals surface area contributed by atoms with E-state index >= 15 is 0 Å². The summed E-state index contributed by atoms with van der Waals surface area (Å²) < 4.78 is 27.0. The molecule has 0 saturated carbocycles. The molecule has 2 aliphatic heterocycles. The summed E-state index contributed by atoms with van der Waals surface area (Å²) in [6.45, 7) is 0. The zero-order chi connectivity index (χ0) is 22.3. The van der Waals surface area contributed by atoms with Gasteiger partial charge in [-0.15, -0.1) is 0 Å². The third-order valence-electron chi connectivity index (χ3n) is 5.07. The van der Waals surface area contributed by atoms with Gasteiger partial charge in [0.25, 0.3) is 0 Å². The number of benzene rings is 1. The molecule has 1 aromatic carbocycles. The van der Waals surface area contributed by atoms with Crippen LogP contribution in [0.5, 0.6) is 0 Å². The third-order valence-corrected chi connectivity index (χ3v) is 7.97. The van der Waals surface area contributed by atoms with Crippen molar-refractivity contribution in [3.63, 3.8) is 0 Å². The van der Waals surface area contributed by atoms with Crippen molar-refractivity contribution >= 4 is 60.9 Å². The molecule has 1 aromatic heterocycles. The van der Waals surface area contributed by atoms with E-state index in [1.807, 2.05) is 18.2 Å². The largest absolute Gasteiger partial charge is 0.362 e. The molecule has 3 aliphatic rings. The van der Waals surface area contributed by atoms with Crippen molar-refractivity contribution in [1.82, 2.24) is 10.3 Å². The first-order valence-corrected chi connectivity index (χ1v) is 12.4. The van der Waals surface area contributed by atoms with Gasteiger partial charge in [0.15, 0.2) is 0 Å². The van der Waals surface area contributed by atoms with Gasteiger partial charge in [0.2, 0.25) is 15.2 Å². The zero-order valence-corrected chi connectivity index (χ0v) is 18.8. The minimum atomic E-state index is -3.80. The lowest BCUT2D eigenvalue weighted by atomic mass is 10.0. The van der Waals surface area contributed by atoms with Gasteiger partial charge in [-0.25, -0.2) is 18.4 Å². The summed E-state index contributed by atoms with van der Waals surface area (Å²) in [7, 11) is -3.80.